The molecule has 0 aromatic heterocycles. The molecule has 0 heterocycles. The number of rotatable bonds is 4. The average Bonchev–Trinajstić information content (AvgIpc) is 1.68. The van der Waals surface area contributed by atoms with Crippen LogP contribution in [0.15, 0.2) is 0 Å². The molecule has 0 aliphatic rings. The molecule has 9 heavy (non-hydrogen) atoms. The van der Waals surface area contributed by atoms with Crippen LogP contribution in [0.25, 0.3) is 0 Å². The second-order valence-corrected chi connectivity index (χ2v) is 2.02. The summed E-state index contributed by atoms with van der Waals surface area (Å²) >= 11 is 0. The van der Waals surface area contributed by atoms with Crippen molar-refractivity contribution in [1.82, 2.24) is 0 Å². The Balaban J connectivity index is 0. The van der Waals surface area contributed by atoms with Gasteiger partial charge in [-0.05, 0) is 13.8 Å². The summed E-state index contributed by atoms with van der Waals surface area (Å²) in [4.78, 5) is 10.3. The Morgan fingerprint density at radius 2 is 1.56 bits per heavy atom. The predicted octanol–water partition coefficient (Wildman–Crippen LogP) is -2.35. The summed E-state index contributed by atoms with van der Waals surface area (Å²) in [6.07, 6.45) is 0. The van der Waals surface area contributed by atoms with Gasteiger partial charge in [-0.25, -0.2) is 0 Å². The normalized spacial score (nSPS) is 9.33. The van der Waals surface area contributed by atoms with E-state index in [9.17, 15) is 4.89 Å². The second-order valence-electron chi connectivity index (χ2n) is 1.06. The Bertz CT molecular complexity index is 49.1. The largest absolute Gasteiger partial charge is 1.00 e. The van der Waals surface area contributed by atoms with Gasteiger partial charge in [0.2, 0.25) is 0 Å². The molecule has 50 valence electrons. The molecule has 0 unspecified atom stereocenters. The molecule has 0 aromatic carbocycles. The van der Waals surface area contributed by atoms with E-state index in [1.54, 1.807) is 13.8 Å². The van der Waals surface area contributed by atoms with Crippen LogP contribution in [-0.4, -0.2) is 13.2 Å². The van der Waals surface area contributed by atoms with Gasteiger partial charge in [0.15, 0.2) is 0 Å². The topological polar surface area (TPSA) is 41.5 Å². The van der Waals surface area contributed by atoms with E-state index in [1.807, 2.05) is 0 Å². The fraction of sp³-hybridized carbons (Fsp3) is 1.00. The van der Waals surface area contributed by atoms with Crippen LogP contribution in [0, 0.1) is 0 Å². The zero-order valence-electron chi connectivity index (χ0n) is 6.09. The summed E-state index contributed by atoms with van der Waals surface area (Å²) < 4.78 is 9.14. The van der Waals surface area contributed by atoms with Crippen molar-refractivity contribution in [2.45, 2.75) is 13.8 Å². The smallest absolute Gasteiger partial charge is 0.786 e. The third kappa shape index (κ3) is 8.91. The average molecular weight is 144 g/mol. The Labute approximate surface area is 68.9 Å². The summed E-state index contributed by atoms with van der Waals surface area (Å²) in [5.74, 6) is 0. The van der Waals surface area contributed by atoms with Gasteiger partial charge in [-0.2, -0.15) is 0 Å². The van der Waals surface area contributed by atoms with E-state index in [4.69, 9.17) is 0 Å². The van der Waals surface area contributed by atoms with E-state index >= 15 is 0 Å². The van der Waals surface area contributed by atoms with Gasteiger partial charge in [-0.3, -0.25) is 0 Å². The molecule has 0 saturated heterocycles. The molecule has 0 N–H and O–H groups in total. The quantitative estimate of drug-likeness (QED) is 0.327. The van der Waals surface area contributed by atoms with Crippen LogP contribution >= 0.6 is 8.60 Å². The first-order valence-electron chi connectivity index (χ1n) is 2.54. The first-order valence-corrected chi connectivity index (χ1v) is 3.63. The second kappa shape index (κ2) is 8.91. The fourth-order valence-corrected chi connectivity index (χ4v) is 0.744. The molecule has 0 atom stereocenters. The van der Waals surface area contributed by atoms with Crippen molar-refractivity contribution >= 4 is 8.60 Å². The minimum Gasteiger partial charge on any atom is -0.786 e. The minimum atomic E-state index is -1.83. The first kappa shape index (κ1) is 12.6. The van der Waals surface area contributed by atoms with E-state index in [-0.39, 0.29) is 18.9 Å². The van der Waals surface area contributed by atoms with E-state index in [1.165, 1.54) is 0 Å². The van der Waals surface area contributed by atoms with Crippen molar-refractivity contribution in [2.24, 2.45) is 0 Å². The molecule has 5 heteroatoms. The van der Waals surface area contributed by atoms with Gasteiger partial charge in [0, 0.05) is 13.2 Å². The molecule has 0 fully saturated rings. The van der Waals surface area contributed by atoms with E-state index in [0.717, 1.165) is 0 Å². The van der Waals surface area contributed by atoms with Crippen LogP contribution in [0.5, 0.6) is 0 Å². The van der Waals surface area contributed by atoms with Crippen molar-refractivity contribution in [2.75, 3.05) is 13.2 Å². The Kier molecular flexibility index (Phi) is 12.4. The van der Waals surface area contributed by atoms with Gasteiger partial charge < -0.3 is 13.9 Å². The molecule has 0 spiro atoms. The minimum absolute atomic E-state index is 0. The summed E-state index contributed by atoms with van der Waals surface area (Å²) in [6, 6.07) is 0. The SMILES string of the molecule is CCOP([O-])OCC.[Li+]. The fourth-order valence-electron chi connectivity index (χ4n) is 0.248. The van der Waals surface area contributed by atoms with Crippen molar-refractivity contribution in [3.05, 3.63) is 0 Å². The summed E-state index contributed by atoms with van der Waals surface area (Å²) in [6.45, 7) is 4.42. The zero-order valence-corrected chi connectivity index (χ0v) is 6.98. The van der Waals surface area contributed by atoms with Crippen LogP contribution < -0.4 is 23.8 Å². The molecule has 0 saturated carbocycles. The van der Waals surface area contributed by atoms with Gasteiger partial charge in [0.05, 0.1) is 8.60 Å². The molecule has 0 aromatic rings. The van der Waals surface area contributed by atoms with Gasteiger partial charge >= 0.3 is 18.9 Å². The van der Waals surface area contributed by atoms with Gasteiger partial charge in [-0.1, -0.05) is 0 Å². The standard InChI is InChI=1S/C4H10O3P.Li/c1-3-6-8(5)7-4-2;/h3-4H2,1-2H3;/q-1;+1. The van der Waals surface area contributed by atoms with Crippen molar-refractivity contribution < 1.29 is 32.8 Å². The van der Waals surface area contributed by atoms with E-state index in [0.29, 0.717) is 13.2 Å². The van der Waals surface area contributed by atoms with Crippen LogP contribution in [0.4, 0.5) is 0 Å². The maximum atomic E-state index is 10.3. The van der Waals surface area contributed by atoms with Crippen molar-refractivity contribution in [3.63, 3.8) is 0 Å². The van der Waals surface area contributed by atoms with Gasteiger partial charge in [-0.15, -0.1) is 0 Å². The third-order valence-electron chi connectivity index (χ3n) is 0.469. The molecule has 0 rings (SSSR count). The third-order valence-corrected chi connectivity index (χ3v) is 1.41. The molecule has 0 aliphatic carbocycles. The predicted molar refractivity (Wildman–Crippen MR) is 30.2 cm³/mol. The van der Waals surface area contributed by atoms with Crippen molar-refractivity contribution in [1.29, 1.82) is 0 Å². The zero-order chi connectivity index (χ0) is 6.41. The summed E-state index contributed by atoms with van der Waals surface area (Å²) in [7, 11) is -1.83. The van der Waals surface area contributed by atoms with Crippen molar-refractivity contribution in [3.8, 4) is 0 Å². The molecule has 0 bridgehead atoms. The van der Waals surface area contributed by atoms with Crippen LogP contribution in [0.1, 0.15) is 13.8 Å². The first-order chi connectivity index (χ1) is 3.81. The van der Waals surface area contributed by atoms with E-state index in [2.05, 4.69) is 9.05 Å². The van der Waals surface area contributed by atoms with Crippen LogP contribution in [0.2, 0.25) is 0 Å². The van der Waals surface area contributed by atoms with Gasteiger partial charge in [0.25, 0.3) is 0 Å². The maximum Gasteiger partial charge on any atom is 1.00 e. The molecular weight excluding hydrogens is 134 g/mol. The number of hydrogen-bond acceptors (Lipinski definition) is 3. The van der Waals surface area contributed by atoms with Crippen LogP contribution in [0.3, 0.4) is 0 Å². The molecular formula is C4H10LiO3P. The summed E-state index contributed by atoms with van der Waals surface area (Å²) in [5.41, 5.74) is 0. The Hall–Kier alpha value is 0.907. The summed E-state index contributed by atoms with van der Waals surface area (Å²) in [5, 5.41) is 0. The van der Waals surface area contributed by atoms with Crippen LogP contribution in [-0.2, 0) is 9.05 Å². The molecule has 3 nitrogen and oxygen atoms in total. The Morgan fingerprint density at radius 1 is 1.22 bits per heavy atom. The molecule has 0 amide bonds. The molecule has 0 radical (unpaired) electrons. The molecule has 0 aliphatic heterocycles. The maximum absolute atomic E-state index is 10.3. The van der Waals surface area contributed by atoms with E-state index < -0.39 is 8.60 Å². The number of hydrogen-bond donors (Lipinski definition) is 0. The monoisotopic (exact) mass is 144 g/mol. The van der Waals surface area contributed by atoms with Gasteiger partial charge in [0.1, 0.15) is 0 Å². The Morgan fingerprint density at radius 3 is 1.78 bits per heavy atom.